The first-order valence-electron chi connectivity index (χ1n) is 26.5. The van der Waals surface area contributed by atoms with Gasteiger partial charge in [0.25, 0.3) is 0 Å². The molecule has 0 unspecified atom stereocenters. The SMILES string of the molecule is CC(C)[C@@H]1NC(=O)[C@H](CCCCN)NC(=O)[C@@H](Cc2c[nH]c3ccccc23)NC(=O)[C@@H](Cc2ccc(O)cc2)NC(=O)[C@@H](NC(=O)[C@H](N)Cc2ccccc2)CSSC[C@@H](C(=O)N[C@@H](Cc2c[nH]c3ccccc23)C(N)=O)NC1=O. The monoisotopic (exact) mass is 1130 g/mol. The van der Waals surface area contributed by atoms with Gasteiger partial charge in [-0.25, -0.2) is 0 Å². The molecule has 0 saturated carbocycles. The first-order chi connectivity index (χ1) is 38.5. The summed E-state index contributed by atoms with van der Waals surface area (Å²) in [6, 6.07) is 19.5. The molecule has 4 aromatic carbocycles. The normalized spacial score (nSPS) is 20.8. The fraction of sp³-hybridized carbons (Fsp3) is 0.368. The van der Waals surface area contributed by atoms with Crippen molar-refractivity contribution in [2.24, 2.45) is 23.1 Å². The number of primary amides is 1. The van der Waals surface area contributed by atoms with Crippen LogP contribution in [-0.2, 0) is 64.0 Å². The number of phenols is 1. The van der Waals surface area contributed by atoms with E-state index in [0.717, 1.165) is 49.0 Å². The summed E-state index contributed by atoms with van der Waals surface area (Å²) in [5.41, 5.74) is 22.4. The number of hydrogen-bond acceptors (Lipinski definition) is 13. The standard InChI is InChI=1S/C57H70N12O9S2/c1-32(2)49-57(78)68-48(55(76)64-44(50(60)71)26-35-28-61-41-16-8-6-14-38(35)41)31-80-79-30-47(67-51(72)40(59)24-33-12-4-3-5-13-33)56(77)65-45(25-34-19-21-37(70)22-20-34)53(74)66-46(27-36-29-62-42-17-9-7-15-39(36)42)54(75)63-43(52(73)69-49)18-10-11-23-58/h3-9,12-17,19-22,28-29,32,40,43-49,61-62,70H,10-11,18,23-27,30-31,58-59H2,1-2H3,(H2,60,71)(H,63,75)(H,64,76)(H,65,77)(H,66,74)(H,67,72)(H,68,78)(H,69,73)/t40-,43+,44+,45-,46-,47+,48+,49+/m1/s1. The summed E-state index contributed by atoms with van der Waals surface area (Å²) < 4.78 is 0. The van der Waals surface area contributed by atoms with Crippen LogP contribution in [0.4, 0.5) is 0 Å². The lowest BCUT2D eigenvalue weighted by Crippen LogP contribution is -2.61. The highest BCUT2D eigenvalue weighted by molar-refractivity contribution is 8.76. The van der Waals surface area contributed by atoms with Crippen LogP contribution in [0, 0.1) is 5.92 Å². The fourth-order valence-corrected chi connectivity index (χ4v) is 11.6. The molecule has 1 aliphatic heterocycles. The third kappa shape index (κ3) is 16.6. The maximum absolute atomic E-state index is 14.9. The van der Waals surface area contributed by atoms with E-state index >= 15 is 0 Å². The summed E-state index contributed by atoms with van der Waals surface area (Å²) in [4.78, 5) is 121. The van der Waals surface area contributed by atoms with Crippen LogP contribution in [0.25, 0.3) is 21.8 Å². The molecule has 23 heteroatoms. The van der Waals surface area contributed by atoms with E-state index in [1.807, 2.05) is 66.7 Å². The van der Waals surface area contributed by atoms with Crippen molar-refractivity contribution in [2.75, 3.05) is 18.1 Å². The van der Waals surface area contributed by atoms with Gasteiger partial charge in [-0.15, -0.1) is 0 Å². The van der Waals surface area contributed by atoms with E-state index in [4.69, 9.17) is 17.2 Å². The lowest BCUT2D eigenvalue weighted by atomic mass is 10.00. The second-order valence-corrected chi connectivity index (χ2v) is 22.7. The van der Waals surface area contributed by atoms with Gasteiger partial charge in [-0.05, 0) is 84.7 Å². The van der Waals surface area contributed by atoms with E-state index in [0.29, 0.717) is 29.5 Å². The Kier molecular flexibility index (Phi) is 21.6. The molecule has 7 rings (SSSR count). The molecule has 16 N–H and O–H groups in total. The lowest BCUT2D eigenvalue weighted by molar-refractivity contribution is -0.136. The van der Waals surface area contributed by atoms with Crippen LogP contribution in [-0.4, -0.2) is 129 Å². The number of phenolic OH excluding ortho intramolecular Hbond substituents is 1. The zero-order valence-corrected chi connectivity index (χ0v) is 46.1. The van der Waals surface area contributed by atoms with Gasteiger partial charge in [-0.2, -0.15) is 0 Å². The lowest BCUT2D eigenvalue weighted by Gasteiger charge is -2.29. The van der Waals surface area contributed by atoms with Crippen LogP contribution in [0.15, 0.2) is 116 Å². The van der Waals surface area contributed by atoms with Crippen LogP contribution >= 0.6 is 21.6 Å². The number of amides is 8. The van der Waals surface area contributed by atoms with E-state index in [-0.39, 0.29) is 55.9 Å². The molecular formula is C57H70N12O9S2. The van der Waals surface area contributed by atoms with Gasteiger partial charge in [0.05, 0.1) is 6.04 Å². The van der Waals surface area contributed by atoms with E-state index in [1.54, 1.807) is 50.5 Å². The molecule has 1 aliphatic rings. The first kappa shape index (κ1) is 59.8. The number of unbranched alkanes of at least 4 members (excludes halogenated alkanes) is 1. The molecule has 2 aromatic heterocycles. The third-order valence-electron chi connectivity index (χ3n) is 13.8. The molecule has 424 valence electrons. The van der Waals surface area contributed by atoms with Crippen LogP contribution in [0.1, 0.15) is 55.4 Å². The summed E-state index contributed by atoms with van der Waals surface area (Å²) in [7, 11) is 2.13. The molecule has 0 bridgehead atoms. The Labute approximate surface area is 471 Å². The van der Waals surface area contributed by atoms with Crippen LogP contribution in [0.3, 0.4) is 0 Å². The van der Waals surface area contributed by atoms with E-state index in [1.165, 1.54) is 12.1 Å². The van der Waals surface area contributed by atoms with Crippen molar-refractivity contribution in [3.63, 3.8) is 0 Å². The van der Waals surface area contributed by atoms with Gasteiger partial charge in [-0.3, -0.25) is 38.4 Å². The summed E-state index contributed by atoms with van der Waals surface area (Å²) >= 11 is 0. The van der Waals surface area contributed by atoms with Crippen molar-refractivity contribution in [2.45, 2.75) is 107 Å². The summed E-state index contributed by atoms with van der Waals surface area (Å²) in [6.45, 7) is 3.68. The van der Waals surface area contributed by atoms with Gasteiger partial charge < -0.3 is 69.5 Å². The van der Waals surface area contributed by atoms with Crippen molar-refractivity contribution >= 4 is 90.7 Å². The number of nitrogens with one attached hydrogen (secondary N) is 9. The average molecular weight is 1130 g/mol. The average Bonchev–Trinajstić information content (AvgIpc) is 4.06. The van der Waals surface area contributed by atoms with Gasteiger partial charge in [0.1, 0.15) is 48.0 Å². The van der Waals surface area contributed by atoms with Crippen molar-refractivity contribution in [1.82, 2.24) is 47.2 Å². The summed E-state index contributed by atoms with van der Waals surface area (Å²) in [6.07, 6.45) is 4.31. The number of aromatic hydroxyl groups is 1. The molecule has 1 fully saturated rings. The Bertz CT molecular complexity index is 3120. The Hall–Kier alpha value is -7.86. The number of carbonyl (C=O) groups is 8. The molecule has 21 nitrogen and oxygen atoms in total. The Balaban J connectivity index is 1.25. The summed E-state index contributed by atoms with van der Waals surface area (Å²) in [5.74, 6) is -7.07. The van der Waals surface area contributed by atoms with Crippen molar-refractivity contribution in [3.05, 3.63) is 138 Å². The molecule has 3 heterocycles. The highest BCUT2D eigenvalue weighted by Crippen LogP contribution is 2.25. The third-order valence-corrected chi connectivity index (χ3v) is 16.2. The molecule has 8 atom stereocenters. The fourth-order valence-electron chi connectivity index (χ4n) is 9.29. The highest BCUT2D eigenvalue weighted by atomic mass is 33.1. The van der Waals surface area contributed by atoms with Crippen molar-refractivity contribution in [1.29, 1.82) is 0 Å². The second kappa shape index (κ2) is 28.9. The predicted octanol–water partition coefficient (Wildman–Crippen LogP) is 2.01. The highest BCUT2D eigenvalue weighted by Gasteiger charge is 2.36. The number of fused-ring (bicyclic) bond motifs is 2. The molecule has 8 amide bonds. The smallest absolute Gasteiger partial charge is 0.244 e. The number of para-hydroxylation sites is 2. The second-order valence-electron chi connectivity index (χ2n) is 20.1. The van der Waals surface area contributed by atoms with E-state index in [2.05, 4.69) is 47.2 Å². The number of carbonyl (C=O) groups excluding carboxylic acids is 8. The number of rotatable bonds is 18. The van der Waals surface area contributed by atoms with Gasteiger partial charge in [0.15, 0.2) is 0 Å². The molecule has 0 aliphatic carbocycles. The molecule has 6 aromatic rings. The number of nitrogens with two attached hydrogens (primary N) is 3. The van der Waals surface area contributed by atoms with Crippen LogP contribution in [0.2, 0.25) is 0 Å². The molecule has 0 spiro atoms. The number of aromatic nitrogens is 2. The van der Waals surface area contributed by atoms with Gasteiger partial charge in [-0.1, -0.05) is 114 Å². The Morgan fingerprint density at radius 1 is 0.637 bits per heavy atom. The van der Waals surface area contributed by atoms with Gasteiger partial charge in [0.2, 0.25) is 47.3 Å². The van der Waals surface area contributed by atoms with Crippen LogP contribution < -0.4 is 54.4 Å². The minimum absolute atomic E-state index is 0.00683. The molecule has 1 saturated heterocycles. The molecule has 80 heavy (non-hydrogen) atoms. The number of hydrogen-bond donors (Lipinski definition) is 13. The molecular weight excluding hydrogens is 1060 g/mol. The molecule has 0 radical (unpaired) electrons. The maximum atomic E-state index is 14.9. The Morgan fingerprint density at radius 3 is 1.86 bits per heavy atom. The van der Waals surface area contributed by atoms with Crippen molar-refractivity contribution in [3.8, 4) is 5.75 Å². The number of benzene rings is 4. The van der Waals surface area contributed by atoms with Gasteiger partial charge in [0, 0.05) is 65.0 Å². The zero-order valence-electron chi connectivity index (χ0n) is 44.5. The number of aromatic amines is 2. The topological polar surface area (TPSA) is 351 Å². The first-order valence-corrected chi connectivity index (χ1v) is 29.0. The van der Waals surface area contributed by atoms with Gasteiger partial charge >= 0.3 is 0 Å². The van der Waals surface area contributed by atoms with E-state index in [9.17, 15) is 43.5 Å². The Morgan fingerprint density at radius 2 is 1.21 bits per heavy atom. The van der Waals surface area contributed by atoms with Crippen molar-refractivity contribution < 1.29 is 43.5 Å². The number of H-pyrrole nitrogens is 2. The van der Waals surface area contributed by atoms with E-state index < -0.39 is 102 Å². The quantitative estimate of drug-likeness (QED) is 0.0433. The largest absolute Gasteiger partial charge is 0.508 e. The minimum atomic E-state index is -1.40. The maximum Gasteiger partial charge on any atom is 0.244 e. The van der Waals surface area contributed by atoms with Crippen LogP contribution in [0.5, 0.6) is 5.75 Å². The summed E-state index contributed by atoms with van der Waals surface area (Å²) in [5, 5.41) is 31.3. The minimum Gasteiger partial charge on any atom is -0.508 e. The zero-order chi connectivity index (χ0) is 57.3. The predicted molar refractivity (Wildman–Crippen MR) is 309 cm³/mol.